The molecule has 0 aromatic carbocycles. The summed E-state index contributed by atoms with van der Waals surface area (Å²) in [5, 5.41) is 3.37. The SMILES string of the molecule is CC1(C)CNCC(C)(C)N1Cl. The summed E-state index contributed by atoms with van der Waals surface area (Å²) in [5.41, 5.74) is 0.118. The number of hydrogen-bond acceptors (Lipinski definition) is 2. The van der Waals surface area contributed by atoms with Crippen LogP contribution in [0.15, 0.2) is 0 Å². The average Bonchev–Trinajstić information content (AvgIpc) is 1.82. The molecular formula is C8H17ClN2. The van der Waals surface area contributed by atoms with E-state index >= 15 is 0 Å². The van der Waals surface area contributed by atoms with Crippen molar-refractivity contribution < 1.29 is 0 Å². The number of nitrogens with one attached hydrogen (secondary N) is 1. The molecule has 0 atom stereocenters. The van der Waals surface area contributed by atoms with Crippen LogP contribution in [0.25, 0.3) is 0 Å². The molecule has 0 spiro atoms. The van der Waals surface area contributed by atoms with Crippen molar-refractivity contribution in [1.82, 2.24) is 9.74 Å². The maximum atomic E-state index is 6.19. The van der Waals surface area contributed by atoms with Crippen molar-refractivity contribution in [3.05, 3.63) is 0 Å². The van der Waals surface area contributed by atoms with E-state index in [1.165, 1.54) is 0 Å². The van der Waals surface area contributed by atoms with Gasteiger partial charge in [-0.3, -0.25) is 0 Å². The van der Waals surface area contributed by atoms with E-state index in [9.17, 15) is 0 Å². The first-order chi connectivity index (χ1) is 4.86. The van der Waals surface area contributed by atoms with Crippen LogP contribution in [0.2, 0.25) is 0 Å². The highest BCUT2D eigenvalue weighted by Crippen LogP contribution is 2.29. The number of hydrogen-bond donors (Lipinski definition) is 1. The molecule has 1 fully saturated rings. The fourth-order valence-electron chi connectivity index (χ4n) is 1.63. The zero-order valence-electron chi connectivity index (χ0n) is 7.74. The molecule has 0 aliphatic carbocycles. The van der Waals surface area contributed by atoms with E-state index in [1.54, 1.807) is 0 Å². The van der Waals surface area contributed by atoms with Gasteiger partial charge in [0.25, 0.3) is 0 Å². The van der Waals surface area contributed by atoms with Gasteiger partial charge in [0.05, 0.1) is 0 Å². The van der Waals surface area contributed by atoms with Gasteiger partial charge in [-0.15, -0.1) is 0 Å². The lowest BCUT2D eigenvalue weighted by Gasteiger charge is -2.48. The monoisotopic (exact) mass is 176 g/mol. The molecule has 1 aliphatic heterocycles. The third kappa shape index (κ3) is 1.68. The molecule has 11 heavy (non-hydrogen) atoms. The molecule has 0 amide bonds. The zero-order chi connectivity index (χ0) is 8.70. The van der Waals surface area contributed by atoms with Crippen molar-refractivity contribution in [3.8, 4) is 0 Å². The van der Waals surface area contributed by atoms with Gasteiger partial charge >= 0.3 is 0 Å². The molecule has 2 nitrogen and oxygen atoms in total. The Morgan fingerprint density at radius 1 is 1.09 bits per heavy atom. The van der Waals surface area contributed by atoms with Crippen LogP contribution in [-0.4, -0.2) is 28.6 Å². The smallest absolute Gasteiger partial charge is 0.0436 e. The highest BCUT2D eigenvalue weighted by atomic mass is 35.5. The van der Waals surface area contributed by atoms with Gasteiger partial charge < -0.3 is 5.32 Å². The van der Waals surface area contributed by atoms with E-state index in [0.717, 1.165) is 13.1 Å². The summed E-state index contributed by atoms with van der Waals surface area (Å²) in [6.07, 6.45) is 0. The van der Waals surface area contributed by atoms with Crippen LogP contribution in [-0.2, 0) is 0 Å². The first-order valence-electron chi connectivity index (χ1n) is 4.03. The first kappa shape index (κ1) is 9.30. The van der Waals surface area contributed by atoms with E-state index in [0.29, 0.717) is 0 Å². The summed E-state index contributed by atoms with van der Waals surface area (Å²) in [7, 11) is 0. The molecule has 0 aromatic rings. The third-order valence-corrected chi connectivity index (χ3v) is 3.09. The summed E-state index contributed by atoms with van der Waals surface area (Å²) >= 11 is 6.19. The Hall–Kier alpha value is 0.210. The Labute approximate surface area is 74.0 Å². The Bertz CT molecular complexity index is 138. The predicted octanol–water partition coefficient (Wildman–Crippen LogP) is 1.60. The molecule has 1 rings (SSSR count). The second-order valence-corrected chi connectivity index (χ2v) is 4.85. The summed E-state index contributed by atoms with van der Waals surface area (Å²) in [5.74, 6) is 0. The lowest BCUT2D eigenvalue weighted by atomic mass is 9.93. The number of piperazine rings is 1. The van der Waals surface area contributed by atoms with Gasteiger partial charge in [-0.05, 0) is 39.5 Å². The summed E-state index contributed by atoms with van der Waals surface area (Å²) in [4.78, 5) is 0. The second-order valence-electron chi connectivity index (χ2n) is 4.51. The minimum Gasteiger partial charge on any atom is -0.313 e. The molecule has 0 aromatic heterocycles. The molecule has 0 unspecified atom stereocenters. The maximum Gasteiger partial charge on any atom is 0.0436 e. The van der Waals surface area contributed by atoms with Gasteiger partial charge in [0, 0.05) is 24.2 Å². The maximum absolute atomic E-state index is 6.19. The van der Waals surface area contributed by atoms with Crippen LogP contribution in [0.1, 0.15) is 27.7 Å². The Morgan fingerprint density at radius 3 is 1.73 bits per heavy atom. The highest BCUT2D eigenvalue weighted by Gasteiger charge is 2.40. The average molecular weight is 177 g/mol. The Morgan fingerprint density at radius 2 is 1.45 bits per heavy atom. The highest BCUT2D eigenvalue weighted by molar-refractivity contribution is 6.14. The van der Waals surface area contributed by atoms with Crippen molar-refractivity contribution in [2.75, 3.05) is 13.1 Å². The van der Waals surface area contributed by atoms with Gasteiger partial charge in [0.15, 0.2) is 0 Å². The lowest BCUT2D eigenvalue weighted by Crippen LogP contribution is -2.63. The summed E-state index contributed by atoms with van der Waals surface area (Å²) in [6.45, 7) is 10.5. The van der Waals surface area contributed by atoms with Crippen LogP contribution in [0, 0.1) is 0 Å². The Kier molecular flexibility index (Phi) is 2.21. The molecule has 1 heterocycles. The molecular weight excluding hydrogens is 160 g/mol. The van der Waals surface area contributed by atoms with Crippen LogP contribution in [0.4, 0.5) is 0 Å². The fraction of sp³-hybridized carbons (Fsp3) is 1.00. The van der Waals surface area contributed by atoms with Gasteiger partial charge in [-0.2, -0.15) is 0 Å². The quantitative estimate of drug-likeness (QED) is 0.565. The van der Waals surface area contributed by atoms with E-state index in [4.69, 9.17) is 11.8 Å². The fourth-order valence-corrected chi connectivity index (χ4v) is 1.75. The molecule has 3 heteroatoms. The van der Waals surface area contributed by atoms with Crippen LogP contribution in [0.3, 0.4) is 0 Å². The number of halogens is 1. The zero-order valence-corrected chi connectivity index (χ0v) is 8.50. The Balaban J connectivity index is 2.76. The van der Waals surface area contributed by atoms with E-state index in [1.807, 2.05) is 4.42 Å². The summed E-state index contributed by atoms with van der Waals surface area (Å²) < 4.78 is 1.93. The standard InChI is InChI=1S/C8H17ClN2/c1-7(2)5-10-6-8(3,4)11(7)9/h10H,5-6H2,1-4H3. The van der Waals surface area contributed by atoms with Gasteiger partial charge in [0.2, 0.25) is 0 Å². The molecule has 0 bridgehead atoms. The van der Waals surface area contributed by atoms with Gasteiger partial charge in [-0.1, -0.05) is 0 Å². The lowest BCUT2D eigenvalue weighted by molar-refractivity contribution is 0.0749. The van der Waals surface area contributed by atoms with Gasteiger partial charge in [0.1, 0.15) is 0 Å². The molecule has 0 saturated carbocycles. The van der Waals surface area contributed by atoms with Gasteiger partial charge in [-0.25, -0.2) is 4.42 Å². The number of rotatable bonds is 0. The molecule has 1 saturated heterocycles. The molecule has 1 aliphatic rings. The molecule has 66 valence electrons. The largest absolute Gasteiger partial charge is 0.313 e. The van der Waals surface area contributed by atoms with Crippen molar-refractivity contribution in [2.24, 2.45) is 0 Å². The number of nitrogens with zero attached hydrogens (tertiary/aromatic N) is 1. The van der Waals surface area contributed by atoms with E-state index in [2.05, 4.69) is 33.0 Å². The van der Waals surface area contributed by atoms with Crippen LogP contribution in [0.5, 0.6) is 0 Å². The topological polar surface area (TPSA) is 15.3 Å². The van der Waals surface area contributed by atoms with Crippen molar-refractivity contribution in [3.63, 3.8) is 0 Å². The summed E-state index contributed by atoms with van der Waals surface area (Å²) in [6, 6.07) is 0. The third-order valence-electron chi connectivity index (χ3n) is 2.18. The first-order valence-corrected chi connectivity index (χ1v) is 4.37. The van der Waals surface area contributed by atoms with Crippen LogP contribution < -0.4 is 5.32 Å². The normalized spacial score (nSPS) is 30.3. The van der Waals surface area contributed by atoms with E-state index in [-0.39, 0.29) is 11.1 Å². The van der Waals surface area contributed by atoms with E-state index < -0.39 is 0 Å². The second kappa shape index (κ2) is 2.61. The molecule has 1 N–H and O–H groups in total. The predicted molar refractivity (Wildman–Crippen MR) is 48.7 cm³/mol. The minimum atomic E-state index is 0.0588. The van der Waals surface area contributed by atoms with Crippen LogP contribution >= 0.6 is 11.8 Å². The minimum absolute atomic E-state index is 0.0588. The molecule has 0 radical (unpaired) electrons. The van der Waals surface area contributed by atoms with Crippen molar-refractivity contribution in [2.45, 2.75) is 38.8 Å². The van der Waals surface area contributed by atoms with Crippen molar-refractivity contribution >= 4 is 11.8 Å². The van der Waals surface area contributed by atoms with Crippen molar-refractivity contribution in [1.29, 1.82) is 0 Å².